The summed E-state index contributed by atoms with van der Waals surface area (Å²) in [5.41, 5.74) is 3.16. The zero-order valence-electron chi connectivity index (χ0n) is 14.0. The van der Waals surface area contributed by atoms with Gasteiger partial charge in [-0.3, -0.25) is 4.79 Å². The van der Waals surface area contributed by atoms with Crippen molar-refractivity contribution < 1.29 is 13.2 Å². The predicted molar refractivity (Wildman–Crippen MR) is 101 cm³/mol. The molecule has 0 atom stereocenters. The maximum atomic E-state index is 12.4. The molecule has 0 spiro atoms. The first-order valence-electron chi connectivity index (χ1n) is 8.32. The molecule has 1 aromatic heterocycles. The minimum absolute atomic E-state index is 0.178. The molecule has 0 radical (unpaired) electrons. The number of carbonyl (C=O) groups excluding carboxylic acids is 1. The molecule has 2 N–H and O–H groups in total. The Balaban J connectivity index is 1.44. The van der Waals surface area contributed by atoms with Gasteiger partial charge in [0.1, 0.15) is 0 Å². The molecule has 8 heteroatoms. The zero-order chi connectivity index (χ0) is 18.1. The van der Waals surface area contributed by atoms with Crippen LogP contribution in [0.4, 0.5) is 11.4 Å². The number of hydrogen-bond acceptors (Lipinski definition) is 5. The summed E-state index contributed by atoms with van der Waals surface area (Å²) in [7, 11) is -2.90. The Morgan fingerprint density at radius 2 is 1.73 bits per heavy atom. The molecule has 7 nitrogen and oxygen atoms in total. The van der Waals surface area contributed by atoms with Crippen LogP contribution in [0.1, 0.15) is 10.6 Å². The topological polar surface area (TPSA) is 95.2 Å². The lowest BCUT2D eigenvalue weighted by Gasteiger charge is -2.28. The summed E-state index contributed by atoms with van der Waals surface area (Å²) >= 11 is 0. The molecule has 1 saturated heterocycles. The third-order valence-corrected chi connectivity index (χ3v) is 6.05. The van der Waals surface area contributed by atoms with Crippen molar-refractivity contribution in [2.75, 3.05) is 34.8 Å². The predicted octanol–water partition coefficient (Wildman–Crippen LogP) is 2.05. The molecule has 1 amide bonds. The van der Waals surface area contributed by atoms with Gasteiger partial charge < -0.3 is 15.2 Å². The average molecular weight is 370 g/mol. The molecule has 26 heavy (non-hydrogen) atoms. The third-order valence-electron chi connectivity index (χ3n) is 4.44. The maximum Gasteiger partial charge on any atom is 0.291 e. The Labute approximate surface area is 151 Å². The van der Waals surface area contributed by atoms with E-state index in [4.69, 9.17) is 0 Å². The van der Waals surface area contributed by atoms with E-state index < -0.39 is 9.84 Å². The first-order valence-corrected chi connectivity index (χ1v) is 10.1. The van der Waals surface area contributed by atoms with Crippen LogP contribution < -0.4 is 10.2 Å². The van der Waals surface area contributed by atoms with Crippen molar-refractivity contribution in [2.45, 2.75) is 0 Å². The van der Waals surface area contributed by atoms with E-state index in [1.807, 2.05) is 41.3 Å². The number of nitrogens with zero attached hydrogens (tertiary/aromatic N) is 2. The molecular weight excluding hydrogens is 352 g/mol. The minimum Gasteiger partial charge on any atom is -0.369 e. The number of fused-ring (bicyclic) bond motifs is 1. The van der Waals surface area contributed by atoms with Crippen LogP contribution in [0.15, 0.2) is 48.5 Å². The Bertz CT molecular complexity index is 1010. The molecule has 2 heterocycles. The monoisotopic (exact) mass is 370 g/mol. The molecule has 0 unspecified atom stereocenters. The van der Waals surface area contributed by atoms with Crippen molar-refractivity contribution >= 4 is 38.2 Å². The number of anilines is 2. The lowest BCUT2D eigenvalue weighted by molar-refractivity contribution is 0.101. The SMILES string of the molecule is O=C(Nc1ccc(N2CCS(=O)(=O)CC2)cc1)c1nc2ccccc2[nH]1. The van der Waals surface area contributed by atoms with Crippen LogP contribution >= 0.6 is 0 Å². The normalized spacial score (nSPS) is 16.5. The van der Waals surface area contributed by atoms with Crippen LogP contribution in [-0.2, 0) is 9.84 Å². The van der Waals surface area contributed by atoms with Crippen molar-refractivity contribution in [3.8, 4) is 0 Å². The van der Waals surface area contributed by atoms with Crippen molar-refractivity contribution in [1.82, 2.24) is 9.97 Å². The van der Waals surface area contributed by atoms with Crippen LogP contribution in [0.25, 0.3) is 11.0 Å². The van der Waals surface area contributed by atoms with Gasteiger partial charge in [-0.15, -0.1) is 0 Å². The largest absolute Gasteiger partial charge is 0.369 e. The number of aromatic nitrogens is 2. The summed E-state index contributed by atoms with van der Waals surface area (Å²) in [5.74, 6) is 0.309. The van der Waals surface area contributed by atoms with E-state index >= 15 is 0 Å². The van der Waals surface area contributed by atoms with Gasteiger partial charge in [-0.25, -0.2) is 13.4 Å². The molecule has 0 aliphatic carbocycles. The van der Waals surface area contributed by atoms with Crippen LogP contribution in [0.3, 0.4) is 0 Å². The number of benzene rings is 2. The first kappa shape index (κ1) is 16.6. The van der Waals surface area contributed by atoms with Crippen molar-refractivity contribution in [3.05, 3.63) is 54.4 Å². The van der Waals surface area contributed by atoms with Crippen molar-refractivity contribution in [2.24, 2.45) is 0 Å². The van der Waals surface area contributed by atoms with Crippen LogP contribution in [-0.4, -0.2) is 48.9 Å². The van der Waals surface area contributed by atoms with Crippen molar-refractivity contribution in [3.63, 3.8) is 0 Å². The summed E-state index contributed by atoms with van der Waals surface area (Å²) in [6.45, 7) is 0.986. The summed E-state index contributed by atoms with van der Waals surface area (Å²) in [5, 5.41) is 2.82. The highest BCUT2D eigenvalue weighted by Gasteiger charge is 2.21. The molecule has 134 valence electrons. The third kappa shape index (κ3) is 3.41. The fourth-order valence-corrected chi connectivity index (χ4v) is 4.18. The lowest BCUT2D eigenvalue weighted by atomic mass is 10.2. The van der Waals surface area contributed by atoms with Crippen LogP contribution in [0, 0.1) is 0 Å². The van der Waals surface area contributed by atoms with E-state index in [2.05, 4.69) is 15.3 Å². The number of para-hydroxylation sites is 2. The molecule has 0 bridgehead atoms. The Morgan fingerprint density at radius 3 is 2.42 bits per heavy atom. The highest BCUT2D eigenvalue weighted by molar-refractivity contribution is 7.91. The second-order valence-corrected chi connectivity index (χ2v) is 8.55. The molecule has 1 aliphatic rings. The van der Waals surface area contributed by atoms with Gasteiger partial charge >= 0.3 is 0 Å². The lowest BCUT2D eigenvalue weighted by Crippen LogP contribution is -2.40. The van der Waals surface area contributed by atoms with Gasteiger partial charge in [-0.2, -0.15) is 0 Å². The molecule has 4 rings (SSSR count). The number of H-pyrrole nitrogens is 1. The molecular formula is C18H18N4O3S. The molecule has 3 aromatic rings. The number of imidazole rings is 1. The van der Waals surface area contributed by atoms with E-state index in [0.29, 0.717) is 18.8 Å². The van der Waals surface area contributed by atoms with E-state index in [-0.39, 0.29) is 23.2 Å². The number of hydrogen-bond donors (Lipinski definition) is 2. The Hall–Kier alpha value is -2.87. The van der Waals surface area contributed by atoms with Crippen LogP contribution in [0.2, 0.25) is 0 Å². The van der Waals surface area contributed by atoms with E-state index in [0.717, 1.165) is 16.7 Å². The average Bonchev–Trinajstić information content (AvgIpc) is 3.07. The quantitative estimate of drug-likeness (QED) is 0.736. The number of amides is 1. The summed E-state index contributed by atoms with van der Waals surface area (Å²) < 4.78 is 23.0. The number of aromatic amines is 1. The first-order chi connectivity index (χ1) is 12.5. The molecule has 1 fully saturated rings. The van der Waals surface area contributed by atoms with E-state index in [1.54, 1.807) is 12.1 Å². The van der Waals surface area contributed by atoms with Gasteiger partial charge in [0.25, 0.3) is 5.91 Å². The summed E-state index contributed by atoms with van der Waals surface area (Å²) in [4.78, 5) is 21.7. The van der Waals surface area contributed by atoms with Gasteiger partial charge in [-0.05, 0) is 36.4 Å². The van der Waals surface area contributed by atoms with Gasteiger partial charge in [0.05, 0.1) is 22.5 Å². The Morgan fingerprint density at radius 1 is 1.04 bits per heavy atom. The van der Waals surface area contributed by atoms with Gasteiger partial charge in [0.15, 0.2) is 15.7 Å². The molecule has 1 aliphatic heterocycles. The number of carbonyl (C=O) groups is 1. The van der Waals surface area contributed by atoms with Crippen LogP contribution in [0.5, 0.6) is 0 Å². The highest BCUT2D eigenvalue weighted by atomic mass is 32.2. The van der Waals surface area contributed by atoms with E-state index in [1.165, 1.54) is 0 Å². The highest BCUT2D eigenvalue weighted by Crippen LogP contribution is 2.20. The smallest absolute Gasteiger partial charge is 0.291 e. The van der Waals surface area contributed by atoms with E-state index in [9.17, 15) is 13.2 Å². The summed E-state index contributed by atoms with van der Waals surface area (Å²) in [6, 6.07) is 14.8. The Kier molecular flexibility index (Phi) is 4.12. The maximum absolute atomic E-state index is 12.4. The zero-order valence-corrected chi connectivity index (χ0v) is 14.8. The van der Waals surface area contributed by atoms with Crippen molar-refractivity contribution in [1.29, 1.82) is 0 Å². The second-order valence-electron chi connectivity index (χ2n) is 6.24. The second kappa shape index (κ2) is 6.45. The fraction of sp³-hybridized carbons (Fsp3) is 0.222. The number of rotatable bonds is 3. The number of nitrogens with one attached hydrogen (secondary N) is 2. The standard InChI is InChI=1S/C18H18N4O3S/c23-18(17-20-15-3-1-2-4-16(15)21-17)19-13-5-7-14(8-6-13)22-9-11-26(24,25)12-10-22/h1-8H,9-12H2,(H,19,23)(H,20,21). The fourth-order valence-electron chi connectivity index (χ4n) is 2.98. The number of sulfone groups is 1. The minimum atomic E-state index is -2.90. The van der Waals surface area contributed by atoms with Gasteiger partial charge in [-0.1, -0.05) is 12.1 Å². The molecule has 2 aromatic carbocycles. The molecule has 0 saturated carbocycles. The summed E-state index contributed by atoms with van der Waals surface area (Å²) in [6.07, 6.45) is 0. The van der Waals surface area contributed by atoms with Gasteiger partial charge in [0, 0.05) is 24.5 Å². The van der Waals surface area contributed by atoms with Gasteiger partial charge in [0.2, 0.25) is 0 Å².